The third-order valence-electron chi connectivity index (χ3n) is 3.79. The topological polar surface area (TPSA) is 38.5 Å². The molecule has 0 bridgehead atoms. The van der Waals surface area contributed by atoms with Crippen molar-refractivity contribution in [3.63, 3.8) is 0 Å². The lowest BCUT2D eigenvalue weighted by atomic mass is 9.95. The minimum absolute atomic E-state index is 0.151. The Morgan fingerprint density at radius 3 is 2.55 bits per heavy atom. The van der Waals surface area contributed by atoms with Crippen LogP contribution in [-0.2, 0) is 4.74 Å². The number of nitrogens with zero attached hydrogens (tertiary/aromatic N) is 1. The molecule has 0 heterocycles. The third kappa shape index (κ3) is 4.89. The van der Waals surface area contributed by atoms with E-state index in [1.54, 1.807) is 0 Å². The zero-order chi connectivity index (χ0) is 15.0. The van der Waals surface area contributed by atoms with E-state index in [2.05, 4.69) is 49.9 Å². The van der Waals surface area contributed by atoms with Crippen molar-refractivity contribution in [1.29, 1.82) is 0 Å². The number of hydrogen-bond acceptors (Lipinski definition) is 3. The fourth-order valence-corrected chi connectivity index (χ4v) is 2.63. The largest absolute Gasteiger partial charge is 0.380 e. The summed E-state index contributed by atoms with van der Waals surface area (Å²) in [4.78, 5) is 2.43. The standard InChI is InChI=1S/C17H30N2O/c1-5-16(18)17(15-10-8-9-14(4)13-15)19(6-2)11-12-20-7-3/h8-10,13,16-17H,5-7,11-12,18H2,1-4H3. The summed E-state index contributed by atoms with van der Waals surface area (Å²) < 4.78 is 5.51. The summed E-state index contributed by atoms with van der Waals surface area (Å²) in [6.45, 7) is 12.0. The normalized spacial score (nSPS) is 14.5. The fraction of sp³-hybridized carbons (Fsp3) is 0.647. The molecule has 0 saturated carbocycles. The molecule has 20 heavy (non-hydrogen) atoms. The van der Waals surface area contributed by atoms with Gasteiger partial charge in [0.25, 0.3) is 0 Å². The molecule has 1 rings (SSSR count). The minimum Gasteiger partial charge on any atom is -0.380 e. The Hall–Kier alpha value is -0.900. The van der Waals surface area contributed by atoms with Crippen LogP contribution in [-0.4, -0.2) is 37.2 Å². The van der Waals surface area contributed by atoms with Gasteiger partial charge in [-0.3, -0.25) is 4.90 Å². The van der Waals surface area contributed by atoms with Crippen LogP contribution >= 0.6 is 0 Å². The van der Waals surface area contributed by atoms with E-state index < -0.39 is 0 Å². The van der Waals surface area contributed by atoms with Crippen molar-refractivity contribution in [2.75, 3.05) is 26.3 Å². The van der Waals surface area contributed by atoms with E-state index in [4.69, 9.17) is 10.5 Å². The smallest absolute Gasteiger partial charge is 0.0593 e. The Bertz CT molecular complexity index is 381. The van der Waals surface area contributed by atoms with Crippen molar-refractivity contribution < 1.29 is 4.74 Å². The summed E-state index contributed by atoms with van der Waals surface area (Å²) in [6, 6.07) is 9.12. The second-order valence-corrected chi connectivity index (χ2v) is 5.26. The molecule has 0 aliphatic carbocycles. The number of ether oxygens (including phenoxy) is 1. The number of nitrogens with two attached hydrogens (primary N) is 1. The molecule has 3 nitrogen and oxygen atoms in total. The monoisotopic (exact) mass is 278 g/mol. The van der Waals surface area contributed by atoms with Crippen LogP contribution in [0.3, 0.4) is 0 Å². The van der Waals surface area contributed by atoms with Gasteiger partial charge in [-0.15, -0.1) is 0 Å². The van der Waals surface area contributed by atoms with Gasteiger partial charge >= 0.3 is 0 Å². The number of likely N-dealkylation sites (N-methyl/N-ethyl adjacent to an activating group) is 1. The van der Waals surface area contributed by atoms with Crippen LogP contribution in [0, 0.1) is 6.92 Å². The first-order chi connectivity index (χ1) is 9.63. The van der Waals surface area contributed by atoms with Gasteiger partial charge in [0.05, 0.1) is 6.61 Å². The number of benzene rings is 1. The van der Waals surface area contributed by atoms with Gasteiger partial charge < -0.3 is 10.5 Å². The van der Waals surface area contributed by atoms with Crippen molar-refractivity contribution in [2.24, 2.45) is 5.73 Å². The lowest BCUT2D eigenvalue weighted by Gasteiger charge is -2.35. The molecule has 0 aromatic heterocycles. The molecule has 0 aliphatic heterocycles. The van der Waals surface area contributed by atoms with E-state index in [0.717, 1.165) is 32.7 Å². The quantitative estimate of drug-likeness (QED) is 0.705. The van der Waals surface area contributed by atoms with Gasteiger partial charge in [0.2, 0.25) is 0 Å². The van der Waals surface area contributed by atoms with Gasteiger partial charge in [-0.25, -0.2) is 0 Å². The molecular formula is C17H30N2O. The summed E-state index contributed by atoms with van der Waals surface area (Å²) >= 11 is 0. The molecular weight excluding hydrogens is 248 g/mol. The first kappa shape index (κ1) is 17.2. The first-order valence-corrected chi connectivity index (χ1v) is 7.77. The number of hydrogen-bond donors (Lipinski definition) is 1. The number of rotatable bonds is 9. The summed E-state index contributed by atoms with van der Waals surface area (Å²) in [5.74, 6) is 0. The molecule has 0 aliphatic rings. The molecule has 2 unspecified atom stereocenters. The van der Waals surface area contributed by atoms with Crippen LogP contribution in [0.2, 0.25) is 0 Å². The Balaban J connectivity index is 2.91. The molecule has 2 atom stereocenters. The lowest BCUT2D eigenvalue weighted by Crippen LogP contribution is -2.42. The second kappa shape index (κ2) is 9.11. The molecule has 0 fully saturated rings. The number of aryl methyl sites for hydroxylation is 1. The van der Waals surface area contributed by atoms with E-state index in [9.17, 15) is 0 Å². The van der Waals surface area contributed by atoms with Crippen molar-refractivity contribution >= 4 is 0 Å². The van der Waals surface area contributed by atoms with Gasteiger partial charge in [0.1, 0.15) is 0 Å². The molecule has 0 radical (unpaired) electrons. The van der Waals surface area contributed by atoms with Crippen LogP contribution in [0.25, 0.3) is 0 Å². The predicted molar refractivity (Wildman–Crippen MR) is 85.9 cm³/mol. The molecule has 0 amide bonds. The molecule has 0 spiro atoms. The van der Waals surface area contributed by atoms with E-state index in [1.807, 2.05) is 6.92 Å². The summed E-state index contributed by atoms with van der Waals surface area (Å²) in [5, 5.41) is 0. The zero-order valence-corrected chi connectivity index (χ0v) is 13.4. The highest BCUT2D eigenvalue weighted by Gasteiger charge is 2.24. The highest BCUT2D eigenvalue weighted by molar-refractivity contribution is 5.26. The molecule has 2 N–H and O–H groups in total. The fourth-order valence-electron chi connectivity index (χ4n) is 2.63. The Labute approximate surface area is 124 Å². The van der Waals surface area contributed by atoms with Crippen molar-refractivity contribution in [2.45, 2.75) is 46.2 Å². The second-order valence-electron chi connectivity index (χ2n) is 5.26. The Kier molecular flexibility index (Phi) is 7.82. The maximum Gasteiger partial charge on any atom is 0.0593 e. The average molecular weight is 278 g/mol. The SMILES string of the molecule is CCOCCN(CC)C(c1cccc(C)c1)C(N)CC. The van der Waals surface area contributed by atoms with Crippen LogP contribution < -0.4 is 5.73 Å². The van der Waals surface area contributed by atoms with E-state index >= 15 is 0 Å². The highest BCUT2D eigenvalue weighted by Crippen LogP contribution is 2.25. The van der Waals surface area contributed by atoms with Crippen LogP contribution in [0.15, 0.2) is 24.3 Å². The van der Waals surface area contributed by atoms with E-state index in [-0.39, 0.29) is 12.1 Å². The zero-order valence-electron chi connectivity index (χ0n) is 13.4. The summed E-state index contributed by atoms with van der Waals surface area (Å²) in [6.07, 6.45) is 0.976. The lowest BCUT2D eigenvalue weighted by molar-refractivity contribution is 0.0888. The van der Waals surface area contributed by atoms with Crippen molar-refractivity contribution in [3.8, 4) is 0 Å². The van der Waals surface area contributed by atoms with Gasteiger partial charge in [0, 0.05) is 25.2 Å². The highest BCUT2D eigenvalue weighted by atomic mass is 16.5. The van der Waals surface area contributed by atoms with Gasteiger partial charge in [-0.05, 0) is 32.4 Å². The molecule has 3 heteroatoms. The average Bonchev–Trinajstić information content (AvgIpc) is 2.46. The minimum atomic E-state index is 0.151. The van der Waals surface area contributed by atoms with Crippen molar-refractivity contribution in [3.05, 3.63) is 35.4 Å². The summed E-state index contributed by atoms with van der Waals surface area (Å²) in [5.41, 5.74) is 9.00. The maximum absolute atomic E-state index is 6.40. The first-order valence-electron chi connectivity index (χ1n) is 7.77. The Morgan fingerprint density at radius 1 is 1.25 bits per heavy atom. The van der Waals surface area contributed by atoms with E-state index in [0.29, 0.717) is 0 Å². The summed E-state index contributed by atoms with van der Waals surface area (Å²) in [7, 11) is 0. The van der Waals surface area contributed by atoms with Crippen LogP contribution in [0.1, 0.15) is 44.4 Å². The third-order valence-corrected chi connectivity index (χ3v) is 3.79. The van der Waals surface area contributed by atoms with Gasteiger partial charge in [-0.2, -0.15) is 0 Å². The molecule has 114 valence electrons. The predicted octanol–water partition coefficient (Wildman–Crippen LogP) is 3.13. The molecule has 1 aromatic carbocycles. The maximum atomic E-state index is 6.40. The van der Waals surface area contributed by atoms with E-state index in [1.165, 1.54) is 11.1 Å². The van der Waals surface area contributed by atoms with Crippen LogP contribution in [0.5, 0.6) is 0 Å². The van der Waals surface area contributed by atoms with Gasteiger partial charge in [0.15, 0.2) is 0 Å². The Morgan fingerprint density at radius 2 is 2.00 bits per heavy atom. The molecule has 0 saturated heterocycles. The van der Waals surface area contributed by atoms with Crippen LogP contribution in [0.4, 0.5) is 0 Å². The van der Waals surface area contributed by atoms with Gasteiger partial charge in [-0.1, -0.05) is 43.7 Å². The molecule has 1 aromatic rings. The van der Waals surface area contributed by atoms with Crippen molar-refractivity contribution in [1.82, 2.24) is 4.90 Å².